The van der Waals surface area contributed by atoms with Crippen LogP contribution in [0.3, 0.4) is 0 Å². The van der Waals surface area contributed by atoms with Gasteiger partial charge in [0.1, 0.15) is 5.82 Å². The first-order valence-corrected chi connectivity index (χ1v) is 4.16. The van der Waals surface area contributed by atoms with Crippen LogP contribution in [0.4, 0.5) is 4.39 Å². The van der Waals surface area contributed by atoms with E-state index >= 15 is 0 Å². The standard InChI is InChI=1S/C10H12FNO/c1-8-6-10(11)3-2-9(8)4-5-12-7-13/h2-3,6-7H,4-5H2,1H3,(H,12,13). The Morgan fingerprint density at radius 1 is 1.54 bits per heavy atom. The molecule has 1 aromatic carbocycles. The predicted octanol–water partition coefficient (Wildman–Crippen LogP) is 1.42. The van der Waals surface area contributed by atoms with Crippen molar-refractivity contribution >= 4 is 6.41 Å². The molecule has 1 rings (SSSR count). The third kappa shape index (κ3) is 2.86. The summed E-state index contributed by atoms with van der Waals surface area (Å²) in [5.74, 6) is -0.218. The zero-order chi connectivity index (χ0) is 9.68. The van der Waals surface area contributed by atoms with Crippen molar-refractivity contribution in [3.05, 3.63) is 35.1 Å². The molecular formula is C10H12FNO. The van der Waals surface area contributed by atoms with Gasteiger partial charge in [-0.15, -0.1) is 0 Å². The molecule has 0 bridgehead atoms. The third-order valence-corrected chi connectivity index (χ3v) is 1.93. The number of nitrogens with one attached hydrogen (secondary N) is 1. The van der Waals surface area contributed by atoms with Crippen LogP contribution in [0, 0.1) is 12.7 Å². The number of benzene rings is 1. The number of carbonyl (C=O) groups is 1. The second kappa shape index (κ2) is 4.60. The molecule has 0 spiro atoms. The molecule has 1 amide bonds. The molecule has 0 radical (unpaired) electrons. The summed E-state index contributed by atoms with van der Waals surface area (Å²) < 4.78 is 12.7. The number of rotatable bonds is 4. The lowest BCUT2D eigenvalue weighted by atomic mass is 10.1. The van der Waals surface area contributed by atoms with Crippen LogP contribution < -0.4 is 5.32 Å². The Kier molecular flexibility index (Phi) is 3.43. The van der Waals surface area contributed by atoms with Crippen molar-refractivity contribution in [2.45, 2.75) is 13.3 Å². The summed E-state index contributed by atoms with van der Waals surface area (Å²) in [7, 11) is 0. The monoisotopic (exact) mass is 181 g/mol. The number of aryl methyl sites for hydroxylation is 1. The van der Waals surface area contributed by atoms with E-state index < -0.39 is 0 Å². The Morgan fingerprint density at radius 2 is 2.31 bits per heavy atom. The molecule has 1 aromatic rings. The maximum absolute atomic E-state index is 12.7. The number of halogens is 1. The molecule has 1 N–H and O–H groups in total. The Bertz CT molecular complexity index is 299. The van der Waals surface area contributed by atoms with Crippen LogP contribution in [0.15, 0.2) is 18.2 Å². The molecule has 0 aliphatic carbocycles. The Hall–Kier alpha value is -1.38. The minimum absolute atomic E-state index is 0.218. The lowest BCUT2D eigenvalue weighted by Gasteiger charge is -2.04. The van der Waals surface area contributed by atoms with Gasteiger partial charge in [0.15, 0.2) is 0 Å². The molecule has 0 fully saturated rings. The first-order valence-electron chi connectivity index (χ1n) is 4.16. The summed E-state index contributed by atoms with van der Waals surface area (Å²) in [4.78, 5) is 9.96. The van der Waals surface area contributed by atoms with Crippen molar-refractivity contribution in [1.82, 2.24) is 5.32 Å². The number of hydrogen-bond donors (Lipinski definition) is 1. The molecule has 0 heterocycles. The van der Waals surface area contributed by atoms with Crippen LogP contribution in [-0.4, -0.2) is 13.0 Å². The minimum Gasteiger partial charge on any atom is -0.358 e. The predicted molar refractivity (Wildman–Crippen MR) is 48.9 cm³/mol. The van der Waals surface area contributed by atoms with Gasteiger partial charge in [-0.05, 0) is 36.6 Å². The van der Waals surface area contributed by atoms with Gasteiger partial charge in [-0.25, -0.2) is 4.39 Å². The Morgan fingerprint density at radius 3 is 2.92 bits per heavy atom. The van der Waals surface area contributed by atoms with Gasteiger partial charge >= 0.3 is 0 Å². The normalized spacial score (nSPS) is 9.69. The van der Waals surface area contributed by atoms with E-state index in [1.807, 2.05) is 6.92 Å². The largest absolute Gasteiger partial charge is 0.358 e. The summed E-state index contributed by atoms with van der Waals surface area (Å²) in [6.07, 6.45) is 1.41. The Labute approximate surface area is 76.8 Å². The van der Waals surface area contributed by atoms with Gasteiger partial charge < -0.3 is 5.32 Å². The maximum Gasteiger partial charge on any atom is 0.207 e. The van der Waals surface area contributed by atoms with Crippen LogP contribution in [-0.2, 0) is 11.2 Å². The molecule has 0 saturated carbocycles. The topological polar surface area (TPSA) is 29.1 Å². The summed E-state index contributed by atoms with van der Waals surface area (Å²) in [5, 5.41) is 2.56. The molecule has 0 saturated heterocycles. The van der Waals surface area contributed by atoms with E-state index in [0.29, 0.717) is 13.0 Å². The van der Waals surface area contributed by atoms with Gasteiger partial charge in [0.2, 0.25) is 6.41 Å². The Balaban J connectivity index is 2.61. The van der Waals surface area contributed by atoms with Crippen LogP contribution >= 0.6 is 0 Å². The van der Waals surface area contributed by atoms with Gasteiger partial charge in [-0.3, -0.25) is 4.79 Å². The molecule has 70 valence electrons. The molecule has 2 nitrogen and oxygen atoms in total. The number of amides is 1. The first kappa shape index (κ1) is 9.71. The molecule has 0 aliphatic heterocycles. The van der Waals surface area contributed by atoms with Crippen molar-refractivity contribution in [1.29, 1.82) is 0 Å². The van der Waals surface area contributed by atoms with Crippen LogP contribution in [0.25, 0.3) is 0 Å². The molecule has 13 heavy (non-hydrogen) atoms. The fourth-order valence-corrected chi connectivity index (χ4v) is 1.21. The highest BCUT2D eigenvalue weighted by Gasteiger charge is 1.98. The van der Waals surface area contributed by atoms with Gasteiger partial charge in [0.05, 0.1) is 0 Å². The SMILES string of the molecule is Cc1cc(F)ccc1CCNC=O. The van der Waals surface area contributed by atoms with Gasteiger partial charge in [-0.2, -0.15) is 0 Å². The quantitative estimate of drug-likeness (QED) is 0.552. The van der Waals surface area contributed by atoms with E-state index in [-0.39, 0.29) is 5.82 Å². The van der Waals surface area contributed by atoms with Crippen molar-refractivity contribution < 1.29 is 9.18 Å². The fourth-order valence-electron chi connectivity index (χ4n) is 1.21. The highest BCUT2D eigenvalue weighted by Crippen LogP contribution is 2.09. The summed E-state index contributed by atoms with van der Waals surface area (Å²) in [6, 6.07) is 4.68. The van der Waals surface area contributed by atoms with Crippen LogP contribution in [0.5, 0.6) is 0 Å². The van der Waals surface area contributed by atoms with E-state index in [4.69, 9.17) is 0 Å². The minimum atomic E-state index is -0.218. The smallest absolute Gasteiger partial charge is 0.207 e. The van der Waals surface area contributed by atoms with Gasteiger partial charge in [-0.1, -0.05) is 6.07 Å². The van der Waals surface area contributed by atoms with Crippen molar-refractivity contribution in [2.75, 3.05) is 6.54 Å². The number of carbonyl (C=O) groups excluding carboxylic acids is 1. The zero-order valence-corrected chi connectivity index (χ0v) is 7.51. The number of hydrogen-bond acceptors (Lipinski definition) is 1. The van der Waals surface area contributed by atoms with Crippen molar-refractivity contribution in [2.24, 2.45) is 0 Å². The van der Waals surface area contributed by atoms with E-state index in [1.54, 1.807) is 6.07 Å². The molecule has 0 unspecified atom stereocenters. The van der Waals surface area contributed by atoms with E-state index in [0.717, 1.165) is 17.5 Å². The third-order valence-electron chi connectivity index (χ3n) is 1.93. The second-order valence-electron chi connectivity index (χ2n) is 2.89. The van der Waals surface area contributed by atoms with Crippen LogP contribution in [0.2, 0.25) is 0 Å². The van der Waals surface area contributed by atoms with E-state index in [1.165, 1.54) is 12.1 Å². The summed E-state index contributed by atoms with van der Waals surface area (Å²) >= 11 is 0. The average molecular weight is 181 g/mol. The first-order chi connectivity index (χ1) is 6.24. The van der Waals surface area contributed by atoms with E-state index in [2.05, 4.69) is 5.32 Å². The molecule has 3 heteroatoms. The van der Waals surface area contributed by atoms with Gasteiger partial charge in [0, 0.05) is 6.54 Å². The van der Waals surface area contributed by atoms with Crippen molar-refractivity contribution in [3.63, 3.8) is 0 Å². The van der Waals surface area contributed by atoms with Gasteiger partial charge in [0.25, 0.3) is 0 Å². The molecule has 0 atom stereocenters. The molecular weight excluding hydrogens is 169 g/mol. The highest BCUT2D eigenvalue weighted by atomic mass is 19.1. The second-order valence-corrected chi connectivity index (χ2v) is 2.89. The summed E-state index contributed by atoms with van der Waals surface area (Å²) in [5.41, 5.74) is 1.99. The van der Waals surface area contributed by atoms with E-state index in [9.17, 15) is 9.18 Å². The molecule has 0 aromatic heterocycles. The van der Waals surface area contributed by atoms with Crippen LogP contribution in [0.1, 0.15) is 11.1 Å². The summed E-state index contributed by atoms with van der Waals surface area (Å²) in [6.45, 7) is 2.45. The maximum atomic E-state index is 12.7. The fraction of sp³-hybridized carbons (Fsp3) is 0.300. The average Bonchev–Trinajstić information content (AvgIpc) is 2.09. The lowest BCUT2D eigenvalue weighted by molar-refractivity contribution is -0.109. The zero-order valence-electron chi connectivity index (χ0n) is 7.51. The lowest BCUT2D eigenvalue weighted by Crippen LogP contribution is -2.14. The molecule has 0 aliphatic rings. The highest BCUT2D eigenvalue weighted by molar-refractivity contribution is 5.45. The van der Waals surface area contributed by atoms with Crippen molar-refractivity contribution in [3.8, 4) is 0 Å².